The zero-order valence-corrected chi connectivity index (χ0v) is 18.9. The van der Waals surface area contributed by atoms with Gasteiger partial charge in [0.25, 0.3) is 0 Å². The second kappa shape index (κ2) is 10.6. The Morgan fingerprint density at radius 1 is 0.938 bits per heavy atom. The van der Waals surface area contributed by atoms with Crippen molar-refractivity contribution < 1.29 is 13.6 Å². The highest BCUT2D eigenvalue weighted by atomic mass is 35.5. The molecule has 2 aromatic carbocycles. The molecule has 2 aliphatic rings. The van der Waals surface area contributed by atoms with Gasteiger partial charge in [-0.05, 0) is 92.1 Å². The van der Waals surface area contributed by atoms with Crippen LogP contribution in [0.25, 0.3) is 6.08 Å². The number of likely N-dealkylation sites (tertiary alicyclic amines) is 2. The maximum absolute atomic E-state index is 13.3. The molecular formula is C26H29ClF2N2O. The van der Waals surface area contributed by atoms with Crippen LogP contribution in [0, 0.1) is 17.6 Å². The molecular weight excluding hydrogens is 430 g/mol. The minimum atomic E-state index is -0.905. The molecule has 170 valence electrons. The van der Waals surface area contributed by atoms with E-state index < -0.39 is 11.6 Å². The SMILES string of the molecule is O=C(/C=C/c1ccc(F)c(F)c1)N1CCC(CN2CCC(c3ccc(Cl)cc3)CC2)CC1. The molecule has 0 unspecified atom stereocenters. The highest BCUT2D eigenvalue weighted by Gasteiger charge is 2.26. The van der Waals surface area contributed by atoms with Gasteiger partial charge in [0, 0.05) is 30.7 Å². The molecule has 2 heterocycles. The smallest absolute Gasteiger partial charge is 0.246 e. The summed E-state index contributed by atoms with van der Waals surface area (Å²) in [5, 5.41) is 0.788. The van der Waals surface area contributed by atoms with Crippen molar-refractivity contribution in [3.63, 3.8) is 0 Å². The van der Waals surface area contributed by atoms with Gasteiger partial charge < -0.3 is 9.80 Å². The lowest BCUT2D eigenvalue weighted by Crippen LogP contribution is -2.42. The molecule has 6 heteroatoms. The molecule has 4 rings (SSSR count). The first-order valence-corrected chi connectivity index (χ1v) is 11.8. The number of rotatable bonds is 5. The van der Waals surface area contributed by atoms with Gasteiger partial charge in [0.15, 0.2) is 11.6 Å². The molecule has 2 fully saturated rings. The van der Waals surface area contributed by atoms with Crippen molar-refractivity contribution in [2.24, 2.45) is 5.92 Å². The van der Waals surface area contributed by atoms with E-state index in [0.29, 0.717) is 17.4 Å². The molecule has 0 bridgehead atoms. The van der Waals surface area contributed by atoms with Crippen molar-refractivity contribution in [3.05, 3.63) is 76.3 Å². The summed E-state index contributed by atoms with van der Waals surface area (Å²) in [4.78, 5) is 16.9. The Bertz CT molecular complexity index is 947. The van der Waals surface area contributed by atoms with Crippen LogP contribution in [0.15, 0.2) is 48.5 Å². The third-order valence-corrected chi connectivity index (χ3v) is 6.99. The molecule has 0 atom stereocenters. The zero-order chi connectivity index (χ0) is 22.5. The van der Waals surface area contributed by atoms with Crippen LogP contribution in [0.5, 0.6) is 0 Å². The maximum Gasteiger partial charge on any atom is 0.246 e. The normalized spacial score (nSPS) is 19.0. The Morgan fingerprint density at radius 3 is 2.28 bits per heavy atom. The van der Waals surface area contributed by atoms with E-state index in [1.807, 2.05) is 17.0 Å². The van der Waals surface area contributed by atoms with Crippen LogP contribution in [-0.4, -0.2) is 48.4 Å². The van der Waals surface area contributed by atoms with Crippen LogP contribution in [0.3, 0.4) is 0 Å². The van der Waals surface area contributed by atoms with Crippen molar-refractivity contribution in [3.8, 4) is 0 Å². The summed E-state index contributed by atoms with van der Waals surface area (Å²) in [6.07, 6.45) is 7.35. The zero-order valence-electron chi connectivity index (χ0n) is 18.2. The van der Waals surface area contributed by atoms with Gasteiger partial charge in [-0.15, -0.1) is 0 Å². The number of carbonyl (C=O) groups excluding carboxylic acids is 1. The van der Waals surface area contributed by atoms with Crippen LogP contribution in [0.4, 0.5) is 8.78 Å². The summed E-state index contributed by atoms with van der Waals surface area (Å²) in [7, 11) is 0. The third-order valence-electron chi connectivity index (χ3n) is 6.73. The summed E-state index contributed by atoms with van der Waals surface area (Å²) in [6.45, 7) is 4.81. The average Bonchev–Trinajstić information content (AvgIpc) is 2.81. The molecule has 0 N–H and O–H groups in total. The van der Waals surface area contributed by atoms with Crippen LogP contribution in [-0.2, 0) is 4.79 Å². The van der Waals surface area contributed by atoms with Gasteiger partial charge in [-0.25, -0.2) is 8.78 Å². The van der Waals surface area contributed by atoms with E-state index in [9.17, 15) is 13.6 Å². The van der Waals surface area contributed by atoms with E-state index in [1.165, 1.54) is 30.5 Å². The molecule has 3 nitrogen and oxygen atoms in total. The minimum Gasteiger partial charge on any atom is -0.339 e. The fraction of sp³-hybridized carbons (Fsp3) is 0.423. The fourth-order valence-electron chi connectivity index (χ4n) is 4.77. The summed E-state index contributed by atoms with van der Waals surface area (Å²) in [5.74, 6) is -0.634. The van der Waals surface area contributed by atoms with E-state index in [1.54, 1.807) is 6.08 Å². The Kier molecular flexibility index (Phi) is 7.59. The molecule has 0 aromatic heterocycles. The van der Waals surface area contributed by atoms with Gasteiger partial charge in [0.05, 0.1) is 0 Å². The standard InChI is InChI=1S/C26H29ClF2N2O/c27-23-5-3-21(4-6-23)22-11-13-30(14-12-22)18-20-9-15-31(16-10-20)26(32)8-2-19-1-7-24(28)25(29)17-19/h1-8,17,20,22H,9-16,18H2/b8-2+. The Hall–Kier alpha value is -2.24. The molecule has 2 aromatic rings. The van der Waals surface area contributed by atoms with Crippen molar-refractivity contribution in [2.75, 3.05) is 32.7 Å². The molecule has 0 radical (unpaired) electrons. The largest absolute Gasteiger partial charge is 0.339 e. The Morgan fingerprint density at radius 2 is 1.62 bits per heavy atom. The number of carbonyl (C=O) groups is 1. The third kappa shape index (κ3) is 5.96. The summed E-state index contributed by atoms with van der Waals surface area (Å²) >= 11 is 6.01. The first-order valence-electron chi connectivity index (χ1n) is 11.4. The van der Waals surface area contributed by atoms with E-state index in [2.05, 4.69) is 17.0 Å². The average molecular weight is 459 g/mol. The van der Waals surface area contributed by atoms with Crippen LogP contribution in [0.1, 0.15) is 42.7 Å². The fourth-order valence-corrected chi connectivity index (χ4v) is 4.90. The lowest BCUT2D eigenvalue weighted by molar-refractivity contribution is -0.127. The van der Waals surface area contributed by atoms with Crippen molar-refractivity contribution in [1.82, 2.24) is 9.80 Å². The second-order valence-corrected chi connectivity index (χ2v) is 9.34. The molecule has 0 aliphatic carbocycles. The van der Waals surface area contributed by atoms with E-state index >= 15 is 0 Å². The second-order valence-electron chi connectivity index (χ2n) is 8.90. The van der Waals surface area contributed by atoms with Crippen molar-refractivity contribution in [2.45, 2.75) is 31.6 Å². The number of piperidine rings is 2. The van der Waals surface area contributed by atoms with Gasteiger partial charge in [0.1, 0.15) is 0 Å². The van der Waals surface area contributed by atoms with Crippen LogP contribution < -0.4 is 0 Å². The number of halogens is 3. The minimum absolute atomic E-state index is 0.0723. The van der Waals surface area contributed by atoms with Crippen molar-refractivity contribution in [1.29, 1.82) is 0 Å². The van der Waals surface area contributed by atoms with Crippen LogP contribution in [0.2, 0.25) is 5.02 Å². The number of hydrogen-bond donors (Lipinski definition) is 0. The first kappa shape index (κ1) is 22.9. The molecule has 1 amide bonds. The summed E-state index contributed by atoms with van der Waals surface area (Å²) in [6, 6.07) is 11.9. The highest BCUT2D eigenvalue weighted by Crippen LogP contribution is 2.30. The van der Waals surface area contributed by atoms with Gasteiger partial charge in [0.2, 0.25) is 5.91 Å². The van der Waals surface area contributed by atoms with Gasteiger partial charge in [-0.1, -0.05) is 29.8 Å². The number of amides is 1. The molecule has 0 saturated carbocycles. The number of nitrogens with zero attached hydrogens (tertiary/aromatic N) is 2. The lowest BCUT2D eigenvalue weighted by Gasteiger charge is -2.37. The Labute approximate surface area is 193 Å². The summed E-state index contributed by atoms with van der Waals surface area (Å²) < 4.78 is 26.3. The van der Waals surface area contributed by atoms with Gasteiger partial charge >= 0.3 is 0 Å². The molecule has 32 heavy (non-hydrogen) atoms. The number of hydrogen-bond acceptors (Lipinski definition) is 2. The molecule has 2 aliphatic heterocycles. The predicted molar refractivity (Wildman–Crippen MR) is 125 cm³/mol. The van der Waals surface area contributed by atoms with Crippen LogP contribution >= 0.6 is 11.6 Å². The first-order chi connectivity index (χ1) is 15.5. The topological polar surface area (TPSA) is 23.6 Å². The van der Waals surface area contributed by atoms with Gasteiger partial charge in [-0.3, -0.25) is 4.79 Å². The van der Waals surface area contributed by atoms with E-state index in [-0.39, 0.29) is 5.91 Å². The Balaban J connectivity index is 1.19. The van der Waals surface area contributed by atoms with Gasteiger partial charge in [-0.2, -0.15) is 0 Å². The monoisotopic (exact) mass is 458 g/mol. The lowest BCUT2D eigenvalue weighted by atomic mass is 9.88. The summed E-state index contributed by atoms with van der Waals surface area (Å²) in [5.41, 5.74) is 1.87. The van der Waals surface area contributed by atoms with Crippen molar-refractivity contribution >= 4 is 23.6 Å². The maximum atomic E-state index is 13.3. The predicted octanol–water partition coefficient (Wildman–Crippen LogP) is 5.75. The number of benzene rings is 2. The molecule has 2 saturated heterocycles. The highest BCUT2D eigenvalue weighted by molar-refractivity contribution is 6.30. The van der Waals surface area contributed by atoms with E-state index in [4.69, 9.17) is 11.6 Å². The van der Waals surface area contributed by atoms with E-state index in [0.717, 1.165) is 62.7 Å². The quantitative estimate of drug-likeness (QED) is 0.532. The molecule has 0 spiro atoms.